The first-order chi connectivity index (χ1) is 9.36. The van der Waals surface area contributed by atoms with Gasteiger partial charge in [0.15, 0.2) is 5.13 Å². The minimum atomic E-state index is 0.765. The van der Waals surface area contributed by atoms with E-state index in [2.05, 4.69) is 41.4 Å². The lowest BCUT2D eigenvalue weighted by atomic mass is 9.99. The van der Waals surface area contributed by atoms with Gasteiger partial charge in [-0.2, -0.15) is 0 Å². The summed E-state index contributed by atoms with van der Waals surface area (Å²) >= 11 is 1.81. The Morgan fingerprint density at radius 3 is 3.05 bits per heavy atom. The van der Waals surface area contributed by atoms with E-state index in [9.17, 15) is 0 Å². The molecule has 1 atom stereocenters. The maximum atomic E-state index is 4.77. The maximum absolute atomic E-state index is 4.77. The molecular weight excluding hydrogens is 254 g/mol. The molecule has 1 aliphatic heterocycles. The average molecular weight is 275 g/mol. The van der Waals surface area contributed by atoms with Crippen molar-refractivity contribution in [3.8, 4) is 0 Å². The molecule has 4 heteroatoms. The molecule has 3 nitrogen and oxygen atoms in total. The SMILES string of the molecule is CCN(CC1CCCNC1)c1nc2ccccc2s1. The summed E-state index contributed by atoms with van der Waals surface area (Å²) in [7, 11) is 0. The third-order valence-electron chi connectivity index (χ3n) is 3.81. The molecule has 2 heterocycles. The van der Waals surface area contributed by atoms with Crippen molar-refractivity contribution in [3.05, 3.63) is 24.3 Å². The van der Waals surface area contributed by atoms with Gasteiger partial charge in [0.2, 0.25) is 0 Å². The first-order valence-corrected chi connectivity index (χ1v) is 7.99. The summed E-state index contributed by atoms with van der Waals surface area (Å²) < 4.78 is 1.29. The van der Waals surface area contributed by atoms with Crippen LogP contribution in [0.1, 0.15) is 19.8 Å². The minimum Gasteiger partial charge on any atom is -0.348 e. The van der Waals surface area contributed by atoms with Gasteiger partial charge in [-0.3, -0.25) is 0 Å². The highest BCUT2D eigenvalue weighted by Crippen LogP contribution is 2.29. The van der Waals surface area contributed by atoms with Crippen molar-refractivity contribution in [2.24, 2.45) is 5.92 Å². The minimum absolute atomic E-state index is 0.765. The van der Waals surface area contributed by atoms with Gasteiger partial charge >= 0.3 is 0 Å². The van der Waals surface area contributed by atoms with E-state index in [-0.39, 0.29) is 0 Å². The number of piperidine rings is 1. The molecule has 1 fully saturated rings. The lowest BCUT2D eigenvalue weighted by molar-refractivity contribution is 0.378. The number of benzene rings is 1. The highest BCUT2D eigenvalue weighted by Gasteiger charge is 2.18. The van der Waals surface area contributed by atoms with E-state index < -0.39 is 0 Å². The Hall–Kier alpha value is -1.13. The Morgan fingerprint density at radius 1 is 1.42 bits per heavy atom. The fourth-order valence-corrected chi connectivity index (χ4v) is 3.77. The number of rotatable bonds is 4. The molecule has 0 spiro atoms. The second-order valence-electron chi connectivity index (χ2n) is 5.22. The van der Waals surface area contributed by atoms with Crippen LogP contribution < -0.4 is 10.2 Å². The molecule has 1 aliphatic rings. The Balaban J connectivity index is 1.76. The van der Waals surface area contributed by atoms with Crippen molar-refractivity contribution in [2.75, 3.05) is 31.1 Å². The van der Waals surface area contributed by atoms with E-state index in [0.717, 1.165) is 31.1 Å². The highest BCUT2D eigenvalue weighted by molar-refractivity contribution is 7.22. The Labute approximate surface area is 118 Å². The van der Waals surface area contributed by atoms with Gasteiger partial charge in [0.25, 0.3) is 0 Å². The van der Waals surface area contributed by atoms with E-state index in [0.29, 0.717) is 0 Å². The van der Waals surface area contributed by atoms with Crippen molar-refractivity contribution in [3.63, 3.8) is 0 Å². The van der Waals surface area contributed by atoms with Crippen LogP contribution in [0.5, 0.6) is 0 Å². The molecular formula is C15H21N3S. The van der Waals surface area contributed by atoms with E-state index in [1.807, 2.05) is 11.3 Å². The third kappa shape index (κ3) is 2.90. The summed E-state index contributed by atoms with van der Waals surface area (Å²) in [6, 6.07) is 8.41. The monoisotopic (exact) mass is 275 g/mol. The van der Waals surface area contributed by atoms with Gasteiger partial charge in [0.1, 0.15) is 0 Å². The van der Waals surface area contributed by atoms with Crippen LogP contribution in [0.4, 0.5) is 5.13 Å². The first kappa shape index (κ1) is 12.9. The number of para-hydroxylation sites is 1. The molecule has 0 radical (unpaired) electrons. The highest BCUT2D eigenvalue weighted by atomic mass is 32.1. The summed E-state index contributed by atoms with van der Waals surface area (Å²) in [5.74, 6) is 0.765. The van der Waals surface area contributed by atoms with E-state index in [1.54, 1.807) is 0 Å². The molecule has 1 aromatic carbocycles. The van der Waals surface area contributed by atoms with E-state index in [1.165, 1.54) is 29.2 Å². The van der Waals surface area contributed by atoms with Gasteiger partial charge in [-0.25, -0.2) is 4.98 Å². The van der Waals surface area contributed by atoms with Gasteiger partial charge in [-0.15, -0.1) is 0 Å². The number of fused-ring (bicyclic) bond motifs is 1. The number of anilines is 1. The summed E-state index contributed by atoms with van der Waals surface area (Å²) in [4.78, 5) is 7.21. The van der Waals surface area contributed by atoms with Gasteiger partial charge in [-0.05, 0) is 50.9 Å². The molecule has 0 bridgehead atoms. The number of nitrogens with zero attached hydrogens (tertiary/aromatic N) is 2. The van der Waals surface area contributed by atoms with Crippen molar-refractivity contribution < 1.29 is 0 Å². The van der Waals surface area contributed by atoms with Crippen LogP contribution in [0, 0.1) is 5.92 Å². The summed E-state index contributed by atoms with van der Waals surface area (Å²) in [6.07, 6.45) is 2.65. The number of thiazole rings is 1. The molecule has 0 amide bonds. The van der Waals surface area contributed by atoms with Crippen molar-refractivity contribution >= 4 is 26.7 Å². The van der Waals surface area contributed by atoms with Crippen molar-refractivity contribution in [1.29, 1.82) is 0 Å². The normalized spacial score (nSPS) is 19.7. The molecule has 3 rings (SSSR count). The summed E-state index contributed by atoms with van der Waals surface area (Å²) in [5, 5.41) is 4.67. The largest absolute Gasteiger partial charge is 0.348 e. The van der Waals surface area contributed by atoms with Gasteiger partial charge in [0, 0.05) is 13.1 Å². The van der Waals surface area contributed by atoms with Crippen LogP contribution in [0.15, 0.2) is 24.3 Å². The number of aromatic nitrogens is 1. The van der Waals surface area contributed by atoms with Crippen LogP contribution >= 0.6 is 11.3 Å². The Bertz CT molecular complexity index is 498. The number of hydrogen-bond donors (Lipinski definition) is 1. The molecule has 1 unspecified atom stereocenters. The van der Waals surface area contributed by atoms with Crippen LogP contribution in [-0.2, 0) is 0 Å². The van der Waals surface area contributed by atoms with E-state index in [4.69, 9.17) is 4.98 Å². The molecule has 102 valence electrons. The zero-order chi connectivity index (χ0) is 13.1. The molecule has 0 aliphatic carbocycles. The molecule has 0 saturated carbocycles. The standard InChI is InChI=1S/C15H21N3S/c1-2-18(11-12-6-5-9-16-10-12)15-17-13-7-3-4-8-14(13)19-15/h3-4,7-8,12,16H,2,5-6,9-11H2,1H3. The van der Waals surface area contributed by atoms with Gasteiger partial charge in [-0.1, -0.05) is 23.5 Å². The molecule has 1 N–H and O–H groups in total. The second kappa shape index (κ2) is 5.88. The topological polar surface area (TPSA) is 28.2 Å². The first-order valence-electron chi connectivity index (χ1n) is 7.18. The summed E-state index contributed by atoms with van der Waals surface area (Å²) in [6.45, 7) is 6.73. The third-order valence-corrected chi connectivity index (χ3v) is 4.91. The Morgan fingerprint density at radius 2 is 2.32 bits per heavy atom. The lowest BCUT2D eigenvalue weighted by Gasteiger charge is -2.29. The fourth-order valence-electron chi connectivity index (χ4n) is 2.73. The molecule has 2 aromatic rings. The predicted molar refractivity (Wildman–Crippen MR) is 83.1 cm³/mol. The van der Waals surface area contributed by atoms with Crippen molar-refractivity contribution in [1.82, 2.24) is 10.3 Å². The number of hydrogen-bond acceptors (Lipinski definition) is 4. The maximum Gasteiger partial charge on any atom is 0.186 e. The van der Waals surface area contributed by atoms with Crippen LogP contribution in [0.25, 0.3) is 10.2 Å². The number of nitrogens with one attached hydrogen (secondary N) is 1. The molecule has 1 saturated heterocycles. The molecule has 1 aromatic heterocycles. The predicted octanol–water partition coefficient (Wildman–Crippen LogP) is 3.12. The van der Waals surface area contributed by atoms with Crippen molar-refractivity contribution in [2.45, 2.75) is 19.8 Å². The van der Waals surface area contributed by atoms with Crippen LogP contribution in [0.3, 0.4) is 0 Å². The van der Waals surface area contributed by atoms with Gasteiger partial charge < -0.3 is 10.2 Å². The summed E-state index contributed by atoms with van der Waals surface area (Å²) in [5.41, 5.74) is 1.13. The quantitative estimate of drug-likeness (QED) is 0.929. The van der Waals surface area contributed by atoms with Crippen LogP contribution in [0.2, 0.25) is 0 Å². The molecule has 19 heavy (non-hydrogen) atoms. The zero-order valence-corrected chi connectivity index (χ0v) is 12.2. The van der Waals surface area contributed by atoms with Crippen LogP contribution in [-0.4, -0.2) is 31.2 Å². The van der Waals surface area contributed by atoms with E-state index >= 15 is 0 Å². The average Bonchev–Trinajstić information content (AvgIpc) is 2.89. The fraction of sp³-hybridized carbons (Fsp3) is 0.533. The second-order valence-corrected chi connectivity index (χ2v) is 6.22. The lowest BCUT2D eigenvalue weighted by Crippen LogP contribution is -2.38. The Kier molecular flexibility index (Phi) is 3.99. The smallest absolute Gasteiger partial charge is 0.186 e. The van der Waals surface area contributed by atoms with Gasteiger partial charge in [0.05, 0.1) is 10.2 Å². The zero-order valence-electron chi connectivity index (χ0n) is 11.4.